The fourth-order valence-electron chi connectivity index (χ4n) is 2.53. The molecule has 1 aliphatic rings. The monoisotopic (exact) mass is 288 g/mol. The van der Waals surface area contributed by atoms with E-state index in [0.29, 0.717) is 18.3 Å². The predicted molar refractivity (Wildman–Crippen MR) is 73.1 cm³/mol. The van der Waals surface area contributed by atoms with Crippen LogP contribution in [-0.2, 0) is 11.2 Å². The van der Waals surface area contributed by atoms with Gasteiger partial charge < -0.3 is 14.5 Å². The molecule has 0 radical (unpaired) electrons. The van der Waals surface area contributed by atoms with Crippen LogP contribution in [0.3, 0.4) is 0 Å². The number of carbonyl (C=O) groups excluding carboxylic acids is 1. The highest BCUT2D eigenvalue weighted by Gasteiger charge is 2.28. The highest BCUT2D eigenvalue weighted by molar-refractivity contribution is 5.78. The van der Waals surface area contributed by atoms with Gasteiger partial charge in [-0.2, -0.15) is 4.98 Å². The molecule has 7 heteroatoms. The summed E-state index contributed by atoms with van der Waals surface area (Å²) in [5.41, 5.74) is 0.769. The Bertz CT molecular complexity index is 614. The van der Waals surface area contributed by atoms with Crippen LogP contribution in [0.5, 0.6) is 0 Å². The lowest BCUT2D eigenvalue weighted by Gasteiger charge is -2.22. The van der Waals surface area contributed by atoms with Crippen molar-refractivity contribution in [1.82, 2.24) is 20.0 Å². The third-order valence-corrected chi connectivity index (χ3v) is 3.61. The molecule has 1 amide bonds. The molecule has 0 aliphatic carbocycles. The first-order chi connectivity index (χ1) is 10.3. The maximum absolute atomic E-state index is 12.2. The molecule has 1 saturated heterocycles. The van der Waals surface area contributed by atoms with Crippen molar-refractivity contribution >= 4 is 5.91 Å². The van der Waals surface area contributed by atoms with E-state index < -0.39 is 0 Å². The molecule has 0 bridgehead atoms. The van der Waals surface area contributed by atoms with E-state index in [9.17, 15) is 9.90 Å². The van der Waals surface area contributed by atoms with Crippen LogP contribution in [0.1, 0.15) is 18.7 Å². The number of hydrogen-bond acceptors (Lipinski definition) is 6. The van der Waals surface area contributed by atoms with E-state index in [1.54, 1.807) is 29.4 Å². The van der Waals surface area contributed by atoms with Crippen molar-refractivity contribution in [3.8, 4) is 11.5 Å². The average Bonchev–Trinajstić information content (AvgIpc) is 3.16. The van der Waals surface area contributed by atoms with Crippen LogP contribution < -0.4 is 0 Å². The summed E-state index contributed by atoms with van der Waals surface area (Å²) in [5.74, 6) is 0.657. The minimum atomic E-state index is -0.0796. The van der Waals surface area contributed by atoms with Gasteiger partial charge in [0, 0.05) is 24.5 Å². The second-order valence-electron chi connectivity index (χ2n) is 4.99. The summed E-state index contributed by atoms with van der Waals surface area (Å²) in [4.78, 5) is 22.1. The highest BCUT2D eigenvalue weighted by Crippen LogP contribution is 2.19. The molecular formula is C14H16N4O3. The van der Waals surface area contributed by atoms with Crippen molar-refractivity contribution in [3.05, 3.63) is 30.4 Å². The Morgan fingerprint density at radius 1 is 1.43 bits per heavy atom. The lowest BCUT2D eigenvalue weighted by atomic mass is 10.2. The first-order valence-electron chi connectivity index (χ1n) is 6.91. The topological polar surface area (TPSA) is 92.3 Å². The molecule has 0 spiro atoms. The van der Waals surface area contributed by atoms with Gasteiger partial charge in [0.05, 0.1) is 19.1 Å². The van der Waals surface area contributed by atoms with Crippen molar-refractivity contribution in [2.24, 2.45) is 0 Å². The molecule has 2 aromatic heterocycles. The molecule has 1 atom stereocenters. The lowest BCUT2D eigenvalue weighted by molar-refractivity contribution is -0.132. The molecule has 1 fully saturated rings. The van der Waals surface area contributed by atoms with Gasteiger partial charge >= 0.3 is 0 Å². The number of likely N-dealkylation sites (tertiary alicyclic amines) is 1. The van der Waals surface area contributed by atoms with Crippen LogP contribution in [-0.4, -0.2) is 50.2 Å². The van der Waals surface area contributed by atoms with Crippen LogP contribution in [0.25, 0.3) is 11.5 Å². The summed E-state index contributed by atoms with van der Waals surface area (Å²) < 4.78 is 5.16. The highest BCUT2D eigenvalue weighted by atomic mass is 16.5. The Labute approximate surface area is 121 Å². The summed E-state index contributed by atoms with van der Waals surface area (Å²) in [5, 5.41) is 13.1. The maximum Gasteiger partial charge on any atom is 0.258 e. The molecule has 110 valence electrons. The third kappa shape index (κ3) is 2.92. The van der Waals surface area contributed by atoms with Gasteiger partial charge in [-0.15, -0.1) is 0 Å². The zero-order valence-corrected chi connectivity index (χ0v) is 11.5. The smallest absolute Gasteiger partial charge is 0.258 e. The number of carbonyl (C=O) groups is 1. The molecule has 7 nitrogen and oxygen atoms in total. The summed E-state index contributed by atoms with van der Waals surface area (Å²) >= 11 is 0. The SMILES string of the molecule is O=C(Cc1noc(-c2ccncc2)n1)N1CCC[C@H]1CO. The summed E-state index contributed by atoms with van der Waals surface area (Å²) in [6.07, 6.45) is 5.13. The van der Waals surface area contributed by atoms with Crippen molar-refractivity contribution in [3.63, 3.8) is 0 Å². The molecular weight excluding hydrogens is 272 g/mol. The Kier molecular flexibility index (Phi) is 3.92. The van der Waals surface area contributed by atoms with Crippen LogP contribution in [0.15, 0.2) is 29.0 Å². The summed E-state index contributed by atoms with van der Waals surface area (Å²) in [6, 6.07) is 3.45. The number of nitrogens with zero attached hydrogens (tertiary/aromatic N) is 4. The molecule has 0 unspecified atom stereocenters. The molecule has 1 N–H and O–H groups in total. The van der Waals surface area contributed by atoms with E-state index >= 15 is 0 Å². The minimum absolute atomic E-state index is 0.000247. The van der Waals surface area contributed by atoms with E-state index in [4.69, 9.17) is 4.52 Å². The number of hydrogen-bond donors (Lipinski definition) is 1. The van der Waals surface area contributed by atoms with Gasteiger partial charge in [-0.1, -0.05) is 5.16 Å². The Hall–Kier alpha value is -2.28. The number of aliphatic hydroxyl groups excluding tert-OH is 1. The van der Waals surface area contributed by atoms with E-state index in [2.05, 4.69) is 15.1 Å². The van der Waals surface area contributed by atoms with Gasteiger partial charge in [0.25, 0.3) is 5.89 Å². The second-order valence-corrected chi connectivity index (χ2v) is 4.99. The Morgan fingerprint density at radius 3 is 3.00 bits per heavy atom. The lowest BCUT2D eigenvalue weighted by Crippen LogP contribution is -2.38. The quantitative estimate of drug-likeness (QED) is 0.888. The zero-order chi connectivity index (χ0) is 14.7. The second kappa shape index (κ2) is 6.01. The van der Waals surface area contributed by atoms with Crippen molar-refractivity contribution in [2.45, 2.75) is 25.3 Å². The molecule has 1 aliphatic heterocycles. The van der Waals surface area contributed by atoms with E-state index in [0.717, 1.165) is 18.4 Å². The van der Waals surface area contributed by atoms with Gasteiger partial charge in [-0.25, -0.2) is 0 Å². The van der Waals surface area contributed by atoms with Crippen LogP contribution in [0, 0.1) is 0 Å². The number of rotatable bonds is 4. The fourth-order valence-corrected chi connectivity index (χ4v) is 2.53. The number of amides is 1. The largest absolute Gasteiger partial charge is 0.394 e. The zero-order valence-electron chi connectivity index (χ0n) is 11.5. The molecule has 3 rings (SSSR count). The standard InChI is InChI=1S/C14H16N4O3/c19-9-11-2-1-7-18(11)13(20)8-12-16-14(21-17-12)10-3-5-15-6-4-10/h3-6,11,19H,1-2,7-9H2/t11-/m0/s1. The third-order valence-electron chi connectivity index (χ3n) is 3.61. The normalized spacial score (nSPS) is 18.1. The van der Waals surface area contributed by atoms with Gasteiger partial charge in [0.1, 0.15) is 0 Å². The van der Waals surface area contributed by atoms with Crippen molar-refractivity contribution < 1.29 is 14.4 Å². The molecule has 0 aromatic carbocycles. The van der Waals surface area contributed by atoms with Crippen molar-refractivity contribution in [1.29, 1.82) is 0 Å². The van der Waals surface area contributed by atoms with Crippen LogP contribution in [0.4, 0.5) is 0 Å². The molecule has 3 heterocycles. The molecule has 0 saturated carbocycles. The van der Waals surface area contributed by atoms with E-state index in [1.807, 2.05) is 0 Å². The van der Waals surface area contributed by atoms with Gasteiger partial charge in [-0.3, -0.25) is 9.78 Å². The maximum atomic E-state index is 12.2. The number of aliphatic hydroxyl groups is 1. The van der Waals surface area contributed by atoms with Gasteiger partial charge in [-0.05, 0) is 25.0 Å². The Morgan fingerprint density at radius 2 is 2.24 bits per heavy atom. The van der Waals surface area contributed by atoms with Crippen LogP contribution in [0.2, 0.25) is 0 Å². The summed E-state index contributed by atoms with van der Waals surface area (Å²) in [7, 11) is 0. The van der Waals surface area contributed by atoms with E-state index in [-0.39, 0.29) is 25.0 Å². The molecule has 2 aromatic rings. The van der Waals surface area contributed by atoms with Gasteiger partial charge in [0.2, 0.25) is 5.91 Å². The van der Waals surface area contributed by atoms with Crippen LogP contribution >= 0.6 is 0 Å². The van der Waals surface area contributed by atoms with Crippen molar-refractivity contribution in [2.75, 3.05) is 13.2 Å². The van der Waals surface area contributed by atoms with E-state index in [1.165, 1.54) is 0 Å². The average molecular weight is 288 g/mol. The predicted octanol–water partition coefficient (Wildman–Crippen LogP) is 0.657. The first kappa shape index (κ1) is 13.7. The Balaban J connectivity index is 1.69. The first-order valence-corrected chi connectivity index (χ1v) is 6.91. The molecule has 21 heavy (non-hydrogen) atoms. The number of pyridine rings is 1. The fraction of sp³-hybridized carbons (Fsp3) is 0.429. The number of aromatic nitrogens is 3. The minimum Gasteiger partial charge on any atom is -0.394 e. The van der Waals surface area contributed by atoms with Gasteiger partial charge in [0.15, 0.2) is 5.82 Å². The summed E-state index contributed by atoms with van der Waals surface area (Å²) in [6.45, 7) is 0.680.